The molecule has 0 N–H and O–H groups in total. The summed E-state index contributed by atoms with van der Waals surface area (Å²) in [6, 6.07) is 16.2. The lowest BCUT2D eigenvalue weighted by Crippen LogP contribution is -2.34. The second-order valence-corrected chi connectivity index (χ2v) is 8.95. The van der Waals surface area contributed by atoms with Crippen LogP contribution in [-0.2, 0) is 10.5 Å². The van der Waals surface area contributed by atoms with Gasteiger partial charge in [-0.15, -0.1) is 12.4 Å². The number of thioether (sulfide) groups is 2. The average Bonchev–Trinajstić information content (AvgIpc) is 3.40. The highest BCUT2D eigenvalue weighted by Gasteiger charge is 2.40. The third kappa shape index (κ3) is 4.77. The van der Waals surface area contributed by atoms with Gasteiger partial charge in [-0.3, -0.25) is 14.4 Å². The van der Waals surface area contributed by atoms with Crippen LogP contribution in [0.25, 0.3) is 16.8 Å². The van der Waals surface area contributed by atoms with Crippen LogP contribution >= 0.6 is 35.9 Å². The molecule has 7 nitrogen and oxygen atoms in total. The van der Waals surface area contributed by atoms with E-state index in [1.165, 1.54) is 24.1 Å². The van der Waals surface area contributed by atoms with E-state index in [1.807, 2.05) is 24.3 Å². The summed E-state index contributed by atoms with van der Waals surface area (Å²) < 4.78 is 5.52. The van der Waals surface area contributed by atoms with Gasteiger partial charge in [0.2, 0.25) is 0 Å². The molecule has 3 amide bonds. The third-order valence-corrected chi connectivity index (χ3v) is 6.73. The van der Waals surface area contributed by atoms with Crippen molar-refractivity contribution in [2.24, 2.45) is 0 Å². The van der Waals surface area contributed by atoms with Crippen LogP contribution in [0.2, 0.25) is 0 Å². The number of hydrogen-bond donors (Lipinski definition) is 0. The van der Waals surface area contributed by atoms with Crippen LogP contribution in [0.4, 0.5) is 4.79 Å². The fourth-order valence-corrected chi connectivity index (χ4v) is 4.89. The fourth-order valence-electron chi connectivity index (χ4n) is 3.31. The molecule has 0 unspecified atom stereocenters. The fraction of sp³-hybridized carbons (Fsp3) is 0.0417. The Kier molecular flexibility index (Phi) is 7.16. The highest BCUT2D eigenvalue weighted by molar-refractivity contribution is 8.18. The molecule has 0 saturated carbocycles. The number of rotatable bonds is 5. The highest BCUT2D eigenvalue weighted by Crippen LogP contribution is 2.35. The standard InChI is InChI=1S/C24H15N3O4S2.ClH/c28-21(17-7-6-15-4-1-2-5-16(15)12-17)27-22(29)20(33-24(27)30)13-19-18(8-11-31-19)14-32-23-25-9-3-10-26-23;/h1-13H,14H2;1H/b20-13-;. The van der Waals surface area contributed by atoms with E-state index < -0.39 is 17.1 Å². The van der Waals surface area contributed by atoms with Crippen LogP contribution in [0.1, 0.15) is 21.7 Å². The summed E-state index contributed by atoms with van der Waals surface area (Å²) in [6.45, 7) is 0. The van der Waals surface area contributed by atoms with Crippen molar-refractivity contribution >= 4 is 69.8 Å². The molecule has 1 aliphatic heterocycles. The lowest BCUT2D eigenvalue weighted by molar-refractivity contribution is -0.120. The number of fused-ring (bicyclic) bond motifs is 1. The Morgan fingerprint density at radius 3 is 2.59 bits per heavy atom. The van der Waals surface area contributed by atoms with E-state index >= 15 is 0 Å². The van der Waals surface area contributed by atoms with Crippen molar-refractivity contribution in [2.45, 2.75) is 10.9 Å². The zero-order chi connectivity index (χ0) is 22.8. The number of aromatic nitrogens is 2. The van der Waals surface area contributed by atoms with E-state index in [9.17, 15) is 14.4 Å². The van der Waals surface area contributed by atoms with Crippen LogP contribution in [0.5, 0.6) is 0 Å². The molecule has 5 rings (SSSR count). The first-order chi connectivity index (χ1) is 16.1. The lowest BCUT2D eigenvalue weighted by Gasteiger charge is -2.11. The first kappa shape index (κ1) is 23.7. The molecule has 170 valence electrons. The van der Waals surface area contributed by atoms with E-state index in [-0.39, 0.29) is 22.9 Å². The molecule has 0 radical (unpaired) electrons. The number of carbonyl (C=O) groups excluding carboxylic acids is 3. The van der Waals surface area contributed by atoms with Crippen molar-refractivity contribution in [3.8, 4) is 0 Å². The van der Waals surface area contributed by atoms with Gasteiger partial charge in [-0.25, -0.2) is 14.9 Å². The van der Waals surface area contributed by atoms with E-state index in [0.717, 1.165) is 16.3 Å². The van der Waals surface area contributed by atoms with Gasteiger partial charge >= 0.3 is 5.24 Å². The third-order valence-electron chi connectivity index (χ3n) is 4.93. The van der Waals surface area contributed by atoms with Gasteiger partial charge in [-0.1, -0.05) is 42.1 Å². The number of nitrogens with zero attached hydrogens (tertiary/aromatic N) is 3. The predicted molar refractivity (Wildman–Crippen MR) is 134 cm³/mol. The Hall–Kier alpha value is -3.40. The number of halogens is 1. The summed E-state index contributed by atoms with van der Waals surface area (Å²) in [6.07, 6.45) is 6.33. The first-order valence-electron chi connectivity index (χ1n) is 9.87. The van der Waals surface area contributed by atoms with Crippen molar-refractivity contribution in [2.75, 3.05) is 0 Å². The summed E-state index contributed by atoms with van der Waals surface area (Å²) in [5.74, 6) is -0.346. The van der Waals surface area contributed by atoms with E-state index in [2.05, 4.69) is 9.97 Å². The minimum absolute atomic E-state index is 0. The monoisotopic (exact) mass is 509 g/mol. The molecule has 1 saturated heterocycles. The molecule has 34 heavy (non-hydrogen) atoms. The van der Waals surface area contributed by atoms with Gasteiger partial charge < -0.3 is 4.42 Å². The summed E-state index contributed by atoms with van der Waals surface area (Å²) in [5.41, 5.74) is 1.09. The summed E-state index contributed by atoms with van der Waals surface area (Å²) in [4.78, 5) is 47.6. The molecular weight excluding hydrogens is 494 g/mol. The van der Waals surface area contributed by atoms with Gasteiger partial charge in [0.25, 0.3) is 11.8 Å². The Labute approximate surface area is 209 Å². The normalized spacial score (nSPS) is 14.6. The van der Waals surface area contributed by atoms with Gasteiger partial charge in [0.15, 0.2) is 5.16 Å². The topological polar surface area (TPSA) is 93.4 Å². The maximum absolute atomic E-state index is 13.0. The molecule has 0 atom stereocenters. The zero-order valence-corrected chi connectivity index (χ0v) is 19.9. The van der Waals surface area contributed by atoms with Gasteiger partial charge in [0, 0.05) is 35.3 Å². The molecular formula is C24H16ClN3O4S2. The van der Waals surface area contributed by atoms with Crippen LogP contribution in [0.3, 0.4) is 0 Å². The smallest absolute Gasteiger partial charge is 0.300 e. The van der Waals surface area contributed by atoms with Crippen molar-refractivity contribution in [1.82, 2.24) is 14.9 Å². The van der Waals surface area contributed by atoms with Gasteiger partial charge in [0.05, 0.1) is 11.2 Å². The summed E-state index contributed by atoms with van der Waals surface area (Å²) in [5, 5.41) is 1.80. The summed E-state index contributed by atoms with van der Waals surface area (Å²) >= 11 is 2.14. The van der Waals surface area contributed by atoms with Gasteiger partial charge in [-0.2, -0.15) is 0 Å². The molecule has 4 aromatic rings. The zero-order valence-electron chi connectivity index (χ0n) is 17.4. The quantitative estimate of drug-likeness (QED) is 0.144. The Bertz CT molecular complexity index is 1420. The second-order valence-electron chi connectivity index (χ2n) is 7.01. The number of imide groups is 3. The SMILES string of the molecule is Cl.O=C1S/C(=C\c2occc2CSc2ncccn2)C(=O)N1C(=O)c1ccc2ccccc2c1. The van der Waals surface area contributed by atoms with Gasteiger partial charge in [-0.05, 0) is 46.8 Å². The molecule has 2 aromatic carbocycles. The molecule has 2 aromatic heterocycles. The van der Waals surface area contributed by atoms with Crippen LogP contribution in [0, 0.1) is 0 Å². The average molecular weight is 510 g/mol. The van der Waals surface area contributed by atoms with Crippen LogP contribution in [-0.4, -0.2) is 31.9 Å². The Morgan fingerprint density at radius 1 is 1.03 bits per heavy atom. The largest absolute Gasteiger partial charge is 0.465 e. The van der Waals surface area contributed by atoms with Crippen molar-refractivity contribution in [3.63, 3.8) is 0 Å². The number of furan rings is 1. The van der Waals surface area contributed by atoms with Crippen LogP contribution in [0.15, 0.2) is 87.7 Å². The molecule has 0 bridgehead atoms. The predicted octanol–water partition coefficient (Wildman–Crippen LogP) is 5.81. The minimum atomic E-state index is -0.662. The number of benzene rings is 2. The molecule has 1 aliphatic rings. The number of amides is 3. The number of carbonyl (C=O) groups is 3. The van der Waals surface area contributed by atoms with Crippen molar-refractivity contribution < 1.29 is 18.8 Å². The molecule has 0 spiro atoms. The van der Waals surface area contributed by atoms with E-state index in [0.29, 0.717) is 33.3 Å². The molecule has 0 aliphatic carbocycles. The van der Waals surface area contributed by atoms with Crippen molar-refractivity contribution in [3.05, 3.63) is 95.0 Å². The molecule has 1 fully saturated rings. The minimum Gasteiger partial charge on any atom is -0.465 e. The Morgan fingerprint density at radius 2 is 1.79 bits per heavy atom. The summed E-state index contributed by atoms with van der Waals surface area (Å²) in [7, 11) is 0. The highest BCUT2D eigenvalue weighted by atomic mass is 35.5. The molecule has 3 heterocycles. The first-order valence-corrected chi connectivity index (χ1v) is 11.7. The second kappa shape index (κ2) is 10.3. The van der Waals surface area contributed by atoms with Crippen molar-refractivity contribution in [1.29, 1.82) is 0 Å². The maximum atomic E-state index is 13.0. The van der Waals surface area contributed by atoms with Crippen LogP contribution < -0.4 is 0 Å². The maximum Gasteiger partial charge on any atom is 0.300 e. The van der Waals surface area contributed by atoms with E-state index in [1.54, 1.807) is 42.7 Å². The molecule has 10 heteroatoms. The van der Waals surface area contributed by atoms with E-state index in [4.69, 9.17) is 4.42 Å². The number of hydrogen-bond acceptors (Lipinski definition) is 8. The lowest BCUT2D eigenvalue weighted by atomic mass is 10.1. The van der Waals surface area contributed by atoms with Gasteiger partial charge in [0.1, 0.15) is 5.76 Å². The Balaban J connectivity index is 0.00000274.